The Kier molecular flexibility index (Phi) is 7.78. The number of unbranched alkanes of at least 4 members (excludes halogenated alkanes) is 2. The molecule has 8 nitrogen and oxygen atoms in total. The van der Waals surface area contributed by atoms with Crippen molar-refractivity contribution in [2.24, 2.45) is 28.6 Å². The third-order valence-electron chi connectivity index (χ3n) is 10.5. The summed E-state index contributed by atoms with van der Waals surface area (Å²) >= 11 is 0. The van der Waals surface area contributed by atoms with Gasteiger partial charge in [-0.2, -0.15) is 0 Å². The van der Waals surface area contributed by atoms with Gasteiger partial charge >= 0.3 is 11.9 Å². The van der Waals surface area contributed by atoms with E-state index in [1.165, 1.54) is 0 Å². The molecule has 4 rings (SSSR count). The molecule has 1 spiro atoms. The molecule has 0 aromatic heterocycles. The Bertz CT molecular complexity index is 1100. The van der Waals surface area contributed by atoms with Crippen LogP contribution in [-0.4, -0.2) is 68.5 Å². The van der Waals surface area contributed by atoms with Crippen molar-refractivity contribution in [3.05, 3.63) is 34.9 Å². The summed E-state index contributed by atoms with van der Waals surface area (Å²) in [5.74, 6) is -2.25. The van der Waals surface area contributed by atoms with Crippen LogP contribution in [0.25, 0.3) is 0 Å². The van der Waals surface area contributed by atoms with Crippen molar-refractivity contribution in [3.63, 3.8) is 0 Å². The smallest absolute Gasteiger partial charge is 0.333 e. The van der Waals surface area contributed by atoms with Crippen molar-refractivity contribution in [2.45, 2.75) is 110 Å². The first-order valence-corrected chi connectivity index (χ1v) is 14.4. The molecule has 2 fully saturated rings. The van der Waals surface area contributed by atoms with E-state index in [1.54, 1.807) is 39.0 Å². The van der Waals surface area contributed by atoms with Gasteiger partial charge in [0.25, 0.3) is 0 Å². The first-order valence-electron chi connectivity index (χ1n) is 14.4. The van der Waals surface area contributed by atoms with Gasteiger partial charge in [0.1, 0.15) is 30.0 Å². The fourth-order valence-corrected chi connectivity index (χ4v) is 8.18. The van der Waals surface area contributed by atoms with Crippen molar-refractivity contribution in [3.8, 4) is 0 Å². The Morgan fingerprint density at radius 2 is 1.82 bits per heavy atom. The number of rotatable bonds is 8. The highest BCUT2D eigenvalue weighted by Gasteiger charge is 2.82. The van der Waals surface area contributed by atoms with Gasteiger partial charge in [0, 0.05) is 29.2 Å². The monoisotopic (exact) mass is 546 g/mol. The molecule has 4 aliphatic carbocycles. The molecule has 4 aliphatic rings. The highest BCUT2D eigenvalue weighted by Crippen LogP contribution is 2.76. The number of carbonyl (C=O) groups excluding carboxylic acids is 2. The van der Waals surface area contributed by atoms with E-state index in [2.05, 4.69) is 6.92 Å². The van der Waals surface area contributed by atoms with Gasteiger partial charge in [-0.1, -0.05) is 58.8 Å². The summed E-state index contributed by atoms with van der Waals surface area (Å²) < 4.78 is 11.8. The lowest BCUT2D eigenvalue weighted by Crippen LogP contribution is -2.66. The quantitative estimate of drug-likeness (QED) is 0.158. The lowest BCUT2D eigenvalue weighted by molar-refractivity contribution is -0.217. The summed E-state index contributed by atoms with van der Waals surface area (Å²) in [4.78, 5) is 25.5. The maximum atomic E-state index is 13.0. The zero-order chi connectivity index (χ0) is 29.1. The summed E-state index contributed by atoms with van der Waals surface area (Å²) in [5, 5.41) is 47.4. The van der Waals surface area contributed by atoms with E-state index in [0.29, 0.717) is 24.0 Å². The van der Waals surface area contributed by atoms with Gasteiger partial charge in [0.2, 0.25) is 0 Å². The largest absolute Gasteiger partial charge is 0.458 e. The average molecular weight is 547 g/mol. The molecule has 0 saturated heterocycles. The fourth-order valence-electron chi connectivity index (χ4n) is 8.18. The number of carbonyl (C=O) groups is 2. The second kappa shape index (κ2) is 10.1. The number of aliphatic hydroxyl groups is 4. The summed E-state index contributed by atoms with van der Waals surface area (Å²) in [6.45, 7) is 12.7. The second-order valence-corrected chi connectivity index (χ2v) is 12.9. The van der Waals surface area contributed by atoms with Crippen LogP contribution in [0.5, 0.6) is 0 Å². The van der Waals surface area contributed by atoms with Gasteiger partial charge < -0.3 is 29.9 Å². The average Bonchev–Trinajstić information content (AvgIpc) is 3.29. The number of esters is 2. The van der Waals surface area contributed by atoms with Gasteiger partial charge in [0.05, 0.1) is 11.5 Å². The second-order valence-electron chi connectivity index (χ2n) is 12.9. The Morgan fingerprint density at radius 3 is 2.44 bits per heavy atom. The summed E-state index contributed by atoms with van der Waals surface area (Å²) in [6, 6.07) is 0. The van der Waals surface area contributed by atoms with Crippen LogP contribution in [0.4, 0.5) is 0 Å². The van der Waals surface area contributed by atoms with Crippen LogP contribution in [-0.2, 0) is 19.1 Å². The van der Waals surface area contributed by atoms with E-state index < -0.39 is 58.1 Å². The molecule has 0 amide bonds. The predicted octanol–water partition coefficient (Wildman–Crippen LogP) is 3.37. The maximum absolute atomic E-state index is 13.0. The molecule has 0 radical (unpaired) electrons. The third kappa shape index (κ3) is 4.08. The van der Waals surface area contributed by atoms with Gasteiger partial charge in [-0.25, -0.2) is 4.79 Å². The van der Waals surface area contributed by atoms with Gasteiger partial charge in [0.15, 0.2) is 0 Å². The van der Waals surface area contributed by atoms with Crippen molar-refractivity contribution in [1.82, 2.24) is 0 Å². The van der Waals surface area contributed by atoms with Crippen molar-refractivity contribution < 1.29 is 39.5 Å². The maximum Gasteiger partial charge on any atom is 0.333 e. The van der Waals surface area contributed by atoms with Crippen molar-refractivity contribution in [1.29, 1.82) is 0 Å². The van der Waals surface area contributed by atoms with Crippen LogP contribution < -0.4 is 0 Å². The minimum Gasteiger partial charge on any atom is -0.458 e. The molecule has 39 heavy (non-hydrogen) atoms. The van der Waals surface area contributed by atoms with Crippen LogP contribution in [0.15, 0.2) is 34.9 Å². The molecule has 0 aromatic carbocycles. The van der Waals surface area contributed by atoms with Crippen molar-refractivity contribution in [2.75, 3.05) is 6.61 Å². The Hall–Kier alpha value is -2.00. The molecule has 0 aromatic rings. The van der Waals surface area contributed by atoms with E-state index in [-0.39, 0.29) is 24.1 Å². The lowest BCUT2D eigenvalue weighted by Gasteiger charge is -2.51. The number of hydrogen-bond acceptors (Lipinski definition) is 8. The summed E-state index contributed by atoms with van der Waals surface area (Å²) in [6.07, 6.45) is 4.11. The molecule has 2 saturated carbocycles. The van der Waals surface area contributed by atoms with E-state index in [0.717, 1.165) is 19.3 Å². The van der Waals surface area contributed by atoms with E-state index in [1.807, 2.05) is 20.8 Å². The van der Waals surface area contributed by atoms with Gasteiger partial charge in [-0.05, 0) is 50.7 Å². The highest BCUT2D eigenvalue weighted by atomic mass is 16.6. The zero-order valence-electron chi connectivity index (χ0n) is 24.4. The van der Waals surface area contributed by atoms with Crippen LogP contribution in [0, 0.1) is 28.6 Å². The Morgan fingerprint density at radius 1 is 1.15 bits per heavy atom. The van der Waals surface area contributed by atoms with Crippen LogP contribution in [0.3, 0.4) is 0 Å². The van der Waals surface area contributed by atoms with Crippen LogP contribution in [0.2, 0.25) is 0 Å². The molecule has 0 aliphatic heterocycles. The Labute approximate surface area is 231 Å². The number of fused-ring (bicyclic) bond motifs is 3. The number of ether oxygens (including phenoxy) is 2. The molecule has 8 heteroatoms. The fraction of sp³-hybridized carbons (Fsp3) is 0.742. The lowest BCUT2D eigenvalue weighted by atomic mass is 9.58. The molecule has 4 N–H and O–H groups in total. The topological polar surface area (TPSA) is 134 Å². The minimum atomic E-state index is -2.17. The molecule has 0 heterocycles. The predicted molar refractivity (Wildman–Crippen MR) is 145 cm³/mol. The Balaban J connectivity index is 1.82. The first kappa shape index (κ1) is 30.0. The summed E-state index contributed by atoms with van der Waals surface area (Å²) in [5.41, 5.74) is -3.92. The molecular weight excluding hydrogens is 500 g/mol. The van der Waals surface area contributed by atoms with Crippen LogP contribution >= 0.6 is 0 Å². The molecule has 2 bridgehead atoms. The number of hydrogen-bond donors (Lipinski definition) is 4. The third-order valence-corrected chi connectivity index (χ3v) is 10.5. The standard InChI is InChI=1S/C31H46O8/c1-8-10-11-12-22(32)39-30-15-19(5)29-14-18(4)24(33)31(29,37)25(34)20(16-38-27(36)17(3)9-2)13-21(26(29)35)23(30)28(30,6)7/h9,13-14,19,21,23-26,33-35,37H,8,10-12,15-16H2,1-7H3/b17-9+/t19-,21+,23-,24+,25-,26?,29+,30+,31-/m1/s1. The molecule has 9 atom stereocenters. The van der Waals surface area contributed by atoms with Crippen molar-refractivity contribution >= 4 is 11.9 Å². The first-order chi connectivity index (χ1) is 18.2. The SMILES string of the molecule is C/C=C(\C)C(=O)OCC1=C[C@@H]2C(O)[C@]3(C=C(C)[C@H](O)[C@@]3(O)[C@@H]1O)[C@H](C)C[C@]1(OC(=O)CCCCC)[C@H]2C1(C)C. The normalized spacial score (nSPS) is 42.3. The molecule has 218 valence electrons. The zero-order valence-corrected chi connectivity index (χ0v) is 24.4. The van der Waals surface area contributed by atoms with E-state index >= 15 is 0 Å². The molecular formula is C31H46O8. The van der Waals surface area contributed by atoms with Crippen LogP contribution in [0.1, 0.15) is 80.6 Å². The van der Waals surface area contributed by atoms with E-state index in [4.69, 9.17) is 9.47 Å². The number of allylic oxidation sites excluding steroid dienone is 1. The van der Waals surface area contributed by atoms with Gasteiger partial charge in [-0.3, -0.25) is 4.79 Å². The van der Waals surface area contributed by atoms with Gasteiger partial charge in [-0.15, -0.1) is 0 Å². The number of aliphatic hydroxyl groups excluding tert-OH is 3. The summed E-state index contributed by atoms with van der Waals surface area (Å²) in [7, 11) is 0. The van der Waals surface area contributed by atoms with E-state index in [9.17, 15) is 30.0 Å². The highest BCUT2D eigenvalue weighted by molar-refractivity contribution is 5.87. The minimum absolute atomic E-state index is 0.211. The molecule has 1 unspecified atom stereocenters.